The molecule has 1 aromatic carbocycles. The third-order valence-corrected chi connectivity index (χ3v) is 5.66. The second-order valence-corrected chi connectivity index (χ2v) is 7.23. The van der Waals surface area contributed by atoms with Crippen molar-refractivity contribution in [2.45, 2.75) is 37.0 Å². The summed E-state index contributed by atoms with van der Waals surface area (Å²) in [6, 6.07) is 9.48. The van der Waals surface area contributed by atoms with E-state index in [1.54, 1.807) is 12.5 Å². The van der Waals surface area contributed by atoms with Crippen LogP contribution >= 0.6 is 0 Å². The van der Waals surface area contributed by atoms with E-state index in [1.165, 1.54) is 32.1 Å². The summed E-state index contributed by atoms with van der Waals surface area (Å²) in [6.07, 6.45) is 10.7. The monoisotopic (exact) mass is 276 g/mol. The van der Waals surface area contributed by atoms with Crippen LogP contribution in [0.3, 0.4) is 0 Å². The Labute approximate surface area is 117 Å². The van der Waals surface area contributed by atoms with Crippen LogP contribution in [0.1, 0.15) is 32.1 Å². The van der Waals surface area contributed by atoms with Crippen molar-refractivity contribution in [2.75, 3.05) is 7.05 Å². The highest BCUT2D eigenvalue weighted by molar-refractivity contribution is 7.96. The van der Waals surface area contributed by atoms with Gasteiger partial charge in [-0.2, -0.15) is 0 Å². The van der Waals surface area contributed by atoms with Gasteiger partial charge in [0, 0.05) is 21.7 Å². The van der Waals surface area contributed by atoms with Crippen molar-refractivity contribution >= 4 is 9.73 Å². The lowest BCUT2D eigenvalue weighted by atomic mass is 9.87. The van der Waals surface area contributed by atoms with Gasteiger partial charge in [-0.15, -0.1) is 5.41 Å². The lowest BCUT2D eigenvalue weighted by molar-refractivity contribution is 0.405. The highest BCUT2D eigenvalue weighted by Crippen LogP contribution is 2.26. The van der Waals surface area contributed by atoms with Gasteiger partial charge in [0.2, 0.25) is 0 Å². The molecule has 0 saturated heterocycles. The number of hydrogen-bond donors (Lipinski definition) is 0. The maximum Gasteiger partial charge on any atom is 0.0364 e. The van der Waals surface area contributed by atoms with Crippen LogP contribution < -0.4 is 0 Å². The fourth-order valence-electron chi connectivity index (χ4n) is 2.50. The predicted octanol–water partition coefficient (Wildman–Crippen LogP) is 4.44. The maximum atomic E-state index is 12.7. The molecule has 1 unspecified atom stereocenters. The van der Waals surface area contributed by atoms with E-state index in [-0.39, 0.29) is 0 Å². The zero-order chi connectivity index (χ0) is 13.6. The molecule has 0 N–H and O–H groups in total. The summed E-state index contributed by atoms with van der Waals surface area (Å²) in [7, 11) is -0.768. The Bertz CT molecular complexity index is 521. The van der Waals surface area contributed by atoms with E-state index < -0.39 is 9.73 Å². The summed E-state index contributed by atoms with van der Waals surface area (Å²) >= 11 is 0. The number of hydrogen-bond acceptors (Lipinski definition) is 2. The summed E-state index contributed by atoms with van der Waals surface area (Å²) in [6.45, 7) is 0. The second kappa shape index (κ2) is 6.80. The molecule has 3 heteroatoms. The van der Waals surface area contributed by atoms with Crippen LogP contribution in [-0.2, 0) is 9.73 Å². The van der Waals surface area contributed by atoms with Crippen molar-refractivity contribution in [3.05, 3.63) is 48.2 Å². The largest absolute Gasteiger partial charge is 0.259 e. The van der Waals surface area contributed by atoms with E-state index in [4.69, 9.17) is 0 Å². The molecule has 104 valence electrons. The van der Waals surface area contributed by atoms with Crippen molar-refractivity contribution < 1.29 is 4.21 Å². The van der Waals surface area contributed by atoms with Gasteiger partial charge in [-0.3, -0.25) is 4.21 Å². The van der Waals surface area contributed by atoms with Gasteiger partial charge in [-0.25, -0.2) is 16.9 Å². The van der Waals surface area contributed by atoms with Gasteiger partial charge in [-0.05, 0) is 12.1 Å². The summed E-state index contributed by atoms with van der Waals surface area (Å²) in [5, 5.41) is 1.76. The number of nitrogens with zero attached hydrogens (tertiary/aromatic N) is 1. The molecule has 2 nitrogen and oxygen atoms in total. The minimum atomic E-state index is -2.39. The van der Waals surface area contributed by atoms with Gasteiger partial charge in [0.15, 0.2) is 0 Å². The lowest BCUT2D eigenvalue weighted by Gasteiger charge is -2.24. The van der Waals surface area contributed by atoms with Crippen molar-refractivity contribution in [1.29, 1.82) is 0 Å². The molecule has 2 rings (SSSR count). The molecule has 0 amide bonds. The van der Waals surface area contributed by atoms with Gasteiger partial charge in [0.05, 0.1) is 0 Å². The predicted molar refractivity (Wildman–Crippen MR) is 81.2 cm³/mol. The summed E-state index contributed by atoms with van der Waals surface area (Å²) in [4.78, 5) is 0.783. The fraction of sp³-hybridized carbons (Fsp3) is 0.438. The summed E-state index contributed by atoms with van der Waals surface area (Å²) in [5.74, 6) is 0.654. The number of rotatable bonds is 4. The van der Waals surface area contributed by atoms with Crippen LogP contribution in [0.2, 0.25) is 0 Å². The Kier molecular flexibility index (Phi) is 5.08. The van der Waals surface area contributed by atoms with E-state index in [9.17, 15) is 4.21 Å². The molecule has 1 aliphatic carbocycles. The second-order valence-electron chi connectivity index (χ2n) is 4.98. The SMILES string of the molecule is CN=S(=O)(/C=C\[CH-]C1CCCCC1)c1ccccc1. The van der Waals surface area contributed by atoms with Gasteiger partial charge in [0.1, 0.15) is 0 Å². The molecule has 0 spiro atoms. The Morgan fingerprint density at radius 3 is 2.53 bits per heavy atom. The van der Waals surface area contributed by atoms with Crippen LogP contribution in [0.4, 0.5) is 0 Å². The number of allylic oxidation sites excluding steroid dienone is 1. The highest BCUT2D eigenvalue weighted by Gasteiger charge is 2.08. The van der Waals surface area contributed by atoms with E-state index in [0.717, 1.165) is 4.90 Å². The Morgan fingerprint density at radius 1 is 1.21 bits per heavy atom. The molecule has 1 atom stereocenters. The van der Waals surface area contributed by atoms with Gasteiger partial charge < -0.3 is 0 Å². The first-order valence-electron chi connectivity index (χ1n) is 6.96. The Balaban J connectivity index is 2.05. The average molecular weight is 276 g/mol. The first kappa shape index (κ1) is 14.2. The van der Waals surface area contributed by atoms with Crippen LogP contribution in [0.5, 0.6) is 0 Å². The van der Waals surface area contributed by atoms with E-state index in [2.05, 4.69) is 10.8 Å². The average Bonchev–Trinajstić information content (AvgIpc) is 2.49. The van der Waals surface area contributed by atoms with E-state index in [1.807, 2.05) is 36.4 Å². The van der Waals surface area contributed by atoms with E-state index in [0.29, 0.717) is 5.92 Å². The Hall–Kier alpha value is -1.22. The van der Waals surface area contributed by atoms with Crippen LogP contribution in [-0.4, -0.2) is 11.3 Å². The highest BCUT2D eigenvalue weighted by atomic mass is 32.2. The fourth-order valence-corrected chi connectivity index (χ4v) is 3.84. The molecular formula is C16H22NOS-. The van der Waals surface area contributed by atoms with Crippen LogP contribution in [0, 0.1) is 12.3 Å². The van der Waals surface area contributed by atoms with E-state index >= 15 is 0 Å². The third-order valence-electron chi connectivity index (χ3n) is 3.65. The zero-order valence-electron chi connectivity index (χ0n) is 11.5. The first-order valence-corrected chi connectivity index (χ1v) is 8.54. The zero-order valence-corrected chi connectivity index (χ0v) is 12.3. The number of benzene rings is 1. The normalized spacial score (nSPS) is 20.1. The standard InChI is InChI=1S/C16H22NOS/c1-17-19(18,16-12-6-3-7-13-16)14-8-11-15-9-4-2-5-10-15/h3,6-8,11-15H,2,4-5,9-10H2,1H3/q-1/b14-8-. The molecular weight excluding hydrogens is 254 g/mol. The van der Waals surface area contributed by atoms with Crippen molar-refractivity contribution in [3.8, 4) is 0 Å². The third kappa shape index (κ3) is 3.87. The maximum absolute atomic E-state index is 12.7. The van der Waals surface area contributed by atoms with Crippen molar-refractivity contribution in [3.63, 3.8) is 0 Å². The minimum Gasteiger partial charge on any atom is -0.259 e. The van der Waals surface area contributed by atoms with Crippen LogP contribution in [0.15, 0.2) is 51.1 Å². The van der Waals surface area contributed by atoms with Gasteiger partial charge in [-0.1, -0.05) is 56.2 Å². The quantitative estimate of drug-likeness (QED) is 0.747. The van der Waals surface area contributed by atoms with Crippen LogP contribution in [0.25, 0.3) is 0 Å². The minimum absolute atomic E-state index is 0.654. The van der Waals surface area contributed by atoms with Gasteiger partial charge in [0.25, 0.3) is 0 Å². The Morgan fingerprint density at radius 2 is 1.89 bits per heavy atom. The molecule has 0 radical (unpaired) electrons. The molecule has 0 aromatic heterocycles. The molecule has 19 heavy (non-hydrogen) atoms. The van der Waals surface area contributed by atoms with Gasteiger partial charge >= 0.3 is 0 Å². The molecule has 1 saturated carbocycles. The topological polar surface area (TPSA) is 29.4 Å². The summed E-state index contributed by atoms with van der Waals surface area (Å²) in [5.41, 5.74) is 0. The summed E-state index contributed by atoms with van der Waals surface area (Å²) < 4.78 is 16.8. The lowest BCUT2D eigenvalue weighted by Crippen LogP contribution is -2.05. The molecule has 1 aromatic rings. The molecule has 1 fully saturated rings. The molecule has 0 heterocycles. The molecule has 1 aliphatic rings. The molecule has 0 bridgehead atoms. The molecule has 0 aliphatic heterocycles. The first-order chi connectivity index (χ1) is 9.24. The van der Waals surface area contributed by atoms with Crippen molar-refractivity contribution in [1.82, 2.24) is 0 Å². The smallest absolute Gasteiger partial charge is 0.0364 e. The van der Waals surface area contributed by atoms with Crippen molar-refractivity contribution in [2.24, 2.45) is 10.3 Å².